The molecule has 1 fully saturated rings. The third-order valence-electron chi connectivity index (χ3n) is 4.54. The smallest absolute Gasteiger partial charge is 0.177 e. The fraction of sp³-hybridized carbons (Fsp3) is 0.263. The van der Waals surface area contributed by atoms with Crippen LogP contribution < -0.4 is 4.90 Å². The highest BCUT2D eigenvalue weighted by molar-refractivity contribution is 6.43. The molecule has 3 rings (SSSR count). The second-order valence-electron chi connectivity index (χ2n) is 6.26. The first-order valence-electron chi connectivity index (χ1n) is 8.31. The van der Waals surface area contributed by atoms with Crippen LogP contribution in [-0.4, -0.2) is 53.6 Å². The van der Waals surface area contributed by atoms with Gasteiger partial charge < -0.3 is 15.1 Å². The lowest BCUT2D eigenvalue weighted by Gasteiger charge is -2.36. The molecule has 2 aromatic rings. The lowest BCUT2D eigenvalue weighted by atomic mass is 10.1. The summed E-state index contributed by atoms with van der Waals surface area (Å²) < 4.78 is 0. The summed E-state index contributed by atoms with van der Waals surface area (Å²) in [6, 6.07) is 9.74. The van der Waals surface area contributed by atoms with Gasteiger partial charge in [0.15, 0.2) is 17.3 Å². The number of phenolic OH excluding ortho intramolecular Hbond substituents is 2. The number of aromatic hydroxyl groups is 2. The molecule has 0 unspecified atom stereocenters. The molecule has 0 aromatic heterocycles. The molecule has 1 aliphatic heterocycles. The first-order valence-corrected chi connectivity index (χ1v) is 9.07. The number of rotatable bonds is 4. The van der Waals surface area contributed by atoms with E-state index in [0.717, 1.165) is 5.69 Å². The van der Waals surface area contributed by atoms with E-state index in [4.69, 9.17) is 28.5 Å². The van der Waals surface area contributed by atoms with E-state index >= 15 is 0 Å². The van der Waals surface area contributed by atoms with Crippen LogP contribution in [0.3, 0.4) is 0 Å². The minimum Gasteiger partial charge on any atom is -0.504 e. The number of benzene rings is 2. The molecule has 1 aliphatic rings. The van der Waals surface area contributed by atoms with Crippen LogP contribution in [0.5, 0.6) is 11.5 Å². The average Bonchev–Trinajstić information content (AvgIpc) is 2.66. The Morgan fingerprint density at radius 2 is 1.85 bits per heavy atom. The zero-order valence-electron chi connectivity index (χ0n) is 14.3. The van der Waals surface area contributed by atoms with E-state index in [1.165, 1.54) is 12.1 Å². The van der Waals surface area contributed by atoms with Crippen LogP contribution in [0.2, 0.25) is 10.0 Å². The number of hydrogen-bond acceptors (Lipinski definition) is 6. The van der Waals surface area contributed by atoms with Crippen molar-refractivity contribution < 1.29 is 15.0 Å². The van der Waals surface area contributed by atoms with E-state index in [9.17, 15) is 15.0 Å². The third-order valence-corrected chi connectivity index (χ3v) is 5.35. The predicted molar refractivity (Wildman–Crippen MR) is 104 cm³/mol. The molecule has 0 amide bonds. The highest BCUT2D eigenvalue weighted by atomic mass is 35.5. The number of phenols is 2. The lowest BCUT2D eigenvalue weighted by molar-refractivity contribution is 0.0926. The van der Waals surface area contributed by atoms with Gasteiger partial charge in [0.1, 0.15) is 6.07 Å². The molecule has 0 aliphatic carbocycles. The molecule has 27 heavy (non-hydrogen) atoms. The number of carbonyl (C=O) groups is 1. The summed E-state index contributed by atoms with van der Waals surface area (Å²) >= 11 is 12.3. The molecule has 0 atom stereocenters. The first-order chi connectivity index (χ1) is 12.9. The van der Waals surface area contributed by atoms with Crippen LogP contribution in [0, 0.1) is 11.3 Å². The normalized spacial score (nSPS) is 14.8. The highest BCUT2D eigenvalue weighted by Crippen LogP contribution is 2.33. The molecule has 2 N–H and O–H groups in total. The van der Waals surface area contributed by atoms with Gasteiger partial charge in [0.05, 0.1) is 27.8 Å². The van der Waals surface area contributed by atoms with Gasteiger partial charge in [0.25, 0.3) is 0 Å². The number of Topliss-reactive ketones (excluding diaryl/α,β-unsaturated/α-hetero) is 1. The number of piperazine rings is 1. The zero-order valence-corrected chi connectivity index (χ0v) is 15.8. The molecule has 140 valence electrons. The Bertz CT molecular complexity index is 919. The number of halogens is 2. The van der Waals surface area contributed by atoms with Crippen molar-refractivity contribution in [3.63, 3.8) is 0 Å². The van der Waals surface area contributed by atoms with Crippen LogP contribution in [0.15, 0.2) is 30.3 Å². The van der Waals surface area contributed by atoms with E-state index in [0.29, 0.717) is 36.2 Å². The zero-order chi connectivity index (χ0) is 19.6. The number of hydrogen-bond donors (Lipinski definition) is 2. The Kier molecular flexibility index (Phi) is 5.76. The summed E-state index contributed by atoms with van der Waals surface area (Å²) in [5.74, 6) is -1.21. The summed E-state index contributed by atoms with van der Waals surface area (Å²) in [6.07, 6.45) is 0. The van der Waals surface area contributed by atoms with Crippen LogP contribution in [0.1, 0.15) is 15.9 Å². The second-order valence-corrected chi connectivity index (χ2v) is 7.05. The Balaban J connectivity index is 1.64. The van der Waals surface area contributed by atoms with Gasteiger partial charge in [-0.15, -0.1) is 0 Å². The Labute approximate surface area is 166 Å². The van der Waals surface area contributed by atoms with Crippen molar-refractivity contribution in [3.8, 4) is 17.6 Å². The maximum absolute atomic E-state index is 12.5. The molecule has 8 heteroatoms. The fourth-order valence-corrected chi connectivity index (χ4v) is 3.46. The van der Waals surface area contributed by atoms with Gasteiger partial charge in [0, 0.05) is 31.7 Å². The SMILES string of the molecule is N#Cc1cc(C(=O)CN2CCN(c3cccc(Cl)c3Cl)CC2)cc(O)c1O. The molecule has 6 nitrogen and oxygen atoms in total. The van der Waals surface area contributed by atoms with Gasteiger partial charge in [0.2, 0.25) is 0 Å². The van der Waals surface area contributed by atoms with Crippen LogP contribution in [0.25, 0.3) is 0 Å². The fourth-order valence-electron chi connectivity index (χ4n) is 3.04. The maximum atomic E-state index is 12.5. The van der Waals surface area contributed by atoms with E-state index in [-0.39, 0.29) is 23.5 Å². The van der Waals surface area contributed by atoms with Crippen molar-refractivity contribution in [1.82, 2.24) is 4.90 Å². The van der Waals surface area contributed by atoms with E-state index in [1.807, 2.05) is 17.0 Å². The van der Waals surface area contributed by atoms with Crippen LogP contribution in [0.4, 0.5) is 5.69 Å². The van der Waals surface area contributed by atoms with Crippen molar-refractivity contribution in [2.24, 2.45) is 0 Å². The molecule has 0 radical (unpaired) electrons. The molecule has 1 heterocycles. The number of anilines is 1. The molecule has 0 saturated carbocycles. The van der Waals surface area contributed by atoms with Crippen molar-refractivity contribution in [1.29, 1.82) is 5.26 Å². The minimum absolute atomic E-state index is 0.126. The van der Waals surface area contributed by atoms with Gasteiger partial charge >= 0.3 is 0 Å². The average molecular weight is 406 g/mol. The number of nitrogens with zero attached hydrogens (tertiary/aromatic N) is 3. The minimum atomic E-state index is -0.513. The summed E-state index contributed by atoms with van der Waals surface area (Å²) in [6.45, 7) is 2.86. The number of ketones is 1. The maximum Gasteiger partial charge on any atom is 0.177 e. The summed E-state index contributed by atoms with van der Waals surface area (Å²) in [5.41, 5.74) is 0.943. The van der Waals surface area contributed by atoms with Crippen LogP contribution >= 0.6 is 23.2 Å². The molecular formula is C19H17Cl2N3O3. The van der Waals surface area contributed by atoms with Crippen molar-refractivity contribution >= 4 is 34.7 Å². The summed E-state index contributed by atoms with van der Waals surface area (Å²) in [5, 5.41) is 29.3. The van der Waals surface area contributed by atoms with Gasteiger partial charge in [-0.2, -0.15) is 5.26 Å². The highest BCUT2D eigenvalue weighted by Gasteiger charge is 2.22. The third kappa shape index (κ3) is 4.11. The van der Waals surface area contributed by atoms with Crippen LogP contribution in [-0.2, 0) is 0 Å². The molecule has 0 spiro atoms. The van der Waals surface area contributed by atoms with Gasteiger partial charge in [-0.25, -0.2) is 0 Å². The topological polar surface area (TPSA) is 87.8 Å². The van der Waals surface area contributed by atoms with E-state index < -0.39 is 11.5 Å². The predicted octanol–water partition coefficient (Wildman–Crippen LogP) is 3.28. The molecule has 2 aromatic carbocycles. The van der Waals surface area contributed by atoms with Gasteiger partial charge in [-0.3, -0.25) is 9.69 Å². The van der Waals surface area contributed by atoms with Gasteiger partial charge in [-0.05, 0) is 24.3 Å². The molecule has 1 saturated heterocycles. The lowest BCUT2D eigenvalue weighted by Crippen LogP contribution is -2.48. The van der Waals surface area contributed by atoms with Crippen molar-refractivity contribution in [3.05, 3.63) is 51.5 Å². The standard InChI is InChI=1S/C19H17Cl2N3O3/c20-14-2-1-3-15(18(14)21)24-6-4-23(5-7-24)11-17(26)12-8-13(10-22)19(27)16(25)9-12/h1-3,8-9,25,27H,4-7,11H2. The molecule has 0 bridgehead atoms. The van der Waals surface area contributed by atoms with Crippen molar-refractivity contribution in [2.45, 2.75) is 0 Å². The van der Waals surface area contributed by atoms with E-state index in [1.54, 1.807) is 12.1 Å². The Morgan fingerprint density at radius 3 is 2.52 bits per heavy atom. The largest absolute Gasteiger partial charge is 0.504 e. The Morgan fingerprint density at radius 1 is 1.15 bits per heavy atom. The molecular weight excluding hydrogens is 389 g/mol. The Hall–Kier alpha value is -2.46. The second kappa shape index (κ2) is 8.05. The monoisotopic (exact) mass is 405 g/mol. The summed E-state index contributed by atoms with van der Waals surface area (Å²) in [7, 11) is 0. The number of carbonyl (C=O) groups excluding carboxylic acids is 1. The van der Waals surface area contributed by atoms with Crippen molar-refractivity contribution in [2.75, 3.05) is 37.6 Å². The summed E-state index contributed by atoms with van der Waals surface area (Å²) in [4.78, 5) is 16.6. The first kappa shape index (κ1) is 19.3. The quantitative estimate of drug-likeness (QED) is 0.599. The number of nitriles is 1. The van der Waals surface area contributed by atoms with E-state index in [2.05, 4.69) is 4.90 Å². The van der Waals surface area contributed by atoms with Gasteiger partial charge in [-0.1, -0.05) is 29.3 Å².